The van der Waals surface area contributed by atoms with Gasteiger partial charge < -0.3 is 9.26 Å². The number of sulfonamides is 1. The highest BCUT2D eigenvalue weighted by Crippen LogP contribution is 2.23. The Labute approximate surface area is 118 Å². The quantitative estimate of drug-likeness (QED) is 0.704. The normalized spacial score (nSPS) is 11.8. The fraction of sp³-hybridized carbons (Fsp3) is 0.667. The maximum atomic E-state index is 12.6. The van der Waals surface area contributed by atoms with Crippen LogP contribution in [-0.4, -0.2) is 43.5 Å². The van der Waals surface area contributed by atoms with Crippen LogP contribution >= 0.6 is 0 Å². The molecular weight excluding hydrogens is 284 g/mol. The molecule has 0 unspecified atom stereocenters. The number of aryl methyl sites for hydroxylation is 2. The number of hydrogen-bond acceptors (Lipinski definition) is 6. The van der Waals surface area contributed by atoms with E-state index in [2.05, 4.69) is 5.16 Å². The van der Waals surface area contributed by atoms with Crippen LogP contribution < -0.4 is 0 Å². The largest absolute Gasteiger partial charge is 0.465 e. The number of carbonyl (C=O) groups is 1. The lowest BCUT2D eigenvalue weighted by atomic mass is 10.4. The molecule has 0 aromatic carbocycles. The third kappa shape index (κ3) is 3.57. The standard InChI is InChI=1S/C12H20N2O5S/c1-5-7-14(8-11(15)18-6-2)20(16,17)12-9(3)13-19-10(12)4/h5-8H2,1-4H3. The summed E-state index contributed by atoms with van der Waals surface area (Å²) in [4.78, 5) is 11.6. The van der Waals surface area contributed by atoms with Gasteiger partial charge in [-0.3, -0.25) is 4.79 Å². The second-order valence-corrected chi connectivity index (χ2v) is 6.17. The van der Waals surface area contributed by atoms with Crippen molar-refractivity contribution in [2.24, 2.45) is 0 Å². The Morgan fingerprint density at radius 1 is 1.35 bits per heavy atom. The molecule has 0 spiro atoms. The van der Waals surface area contributed by atoms with E-state index in [1.807, 2.05) is 6.92 Å². The Bertz CT molecular complexity index is 545. The van der Waals surface area contributed by atoms with Gasteiger partial charge in [0.1, 0.15) is 17.1 Å². The van der Waals surface area contributed by atoms with Crippen LogP contribution in [0.4, 0.5) is 0 Å². The van der Waals surface area contributed by atoms with E-state index in [4.69, 9.17) is 9.26 Å². The van der Waals surface area contributed by atoms with Crippen molar-refractivity contribution in [3.05, 3.63) is 11.5 Å². The first-order chi connectivity index (χ1) is 9.34. The van der Waals surface area contributed by atoms with Crippen LogP contribution in [0.1, 0.15) is 31.7 Å². The van der Waals surface area contributed by atoms with Crippen molar-refractivity contribution in [2.75, 3.05) is 19.7 Å². The van der Waals surface area contributed by atoms with E-state index in [1.165, 1.54) is 6.92 Å². The summed E-state index contributed by atoms with van der Waals surface area (Å²) in [7, 11) is -3.82. The molecule has 1 aromatic heterocycles. The molecule has 20 heavy (non-hydrogen) atoms. The average Bonchev–Trinajstić information content (AvgIpc) is 2.69. The summed E-state index contributed by atoms with van der Waals surface area (Å²) in [6, 6.07) is 0. The monoisotopic (exact) mass is 304 g/mol. The van der Waals surface area contributed by atoms with Gasteiger partial charge in [0.25, 0.3) is 0 Å². The summed E-state index contributed by atoms with van der Waals surface area (Å²) in [6.07, 6.45) is 0.585. The summed E-state index contributed by atoms with van der Waals surface area (Å²) in [6.45, 7) is 6.72. The Morgan fingerprint density at radius 3 is 2.45 bits per heavy atom. The number of rotatable bonds is 7. The smallest absolute Gasteiger partial charge is 0.321 e. The molecule has 0 atom stereocenters. The van der Waals surface area contributed by atoms with Gasteiger partial charge >= 0.3 is 5.97 Å². The molecule has 1 aromatic rings. The fourth-order valence-electron chi connectivity index (χ4n) is 1.86. The number of hydrogen-bond donors (Lipinski definition) is 0. The van der Waals surface area contributed by atoms with Gasteiger partial charge in [0, 0.05) is 6.54 Å². The second kappa shape index (κ2) is 6.85. The molecule has 1 rings (SSSR count). The van der Waals surface area contributed by atoms with Crippen LogP contribution in [0.25, 0.3) is 0 Å². The molecule has 0 aliphatic heterocycles. The van der Waals surface area contributed by atoms with Crippen LogP contribution in [0.5, 0.6) is 0 Å². The highest BCUT2D eigenvalue weighted by atomic mass is 32.2. The highest BCUT2D eigenvalue weighted by molar-refractivity contribution is 7.89. The van der Waals surface area contributed by atoms with Gasteiger partial charge in [-0.05, 0) is 27.2 Å². The Morgan fingerprint density at radius 2 is 2.00 bits per heavy atom. The van der Waals surface area contributed by atoms with Gasteiger partial charge in [0.15, 0.2) is 5.76 Å². The van der Waals surface area contributed by atoms with E-state index in [9.17, 15) is 13.2 Å². The zero-order chi connectivity index (χ0) is 15.3. The van der Waals surface area contributed by atoms with Crippen molar-refractivity contribution in [2.45, 2.75) is 39.0 Å². The van der Waals surface area contributed by atoms with Gasteiger partial charge in [0.05, 0.1) is 6.61 Å². The van der Waals surface area contributed by atoms with Gasteiger partial charge in [-0.25, -0.2) is 8.42 Å². The predicted molar refractivity (Wildman–Crippen MR) is 71.7 cm³/mol. The van der Waals surface area contributed by atoms with Crippen LogP contribution in [0.3, 0.4) is 0 Å². The fourth-order valence-corrected chi connectivity index (χ4v) is 3.62. The van der Waals surface area contributed by atoms with Crippen molar-refractivity contribution in [3.8, 4) is 0 Å². The summed E-state index contributed by atoms with van der Waals surface area (Å²) in [5, 5.41) is 3.64. The van der Waals surface area contributed by atoms with E-state index in [0.29, 0.717) is 6.42 Å². The maximum Gasteiger partial charge on any atom is 0.321 e. The van der Waals surface area contributed by atoms with E-state index in [0.717, 1.165) is 4.31 Å². The number of carbonyl (C=O) groups excluding carboxylic acids is 1. The Hall–Kier alpha value is -1.41. The summed E-state index contributed by atoms with van der Waals surface area (Å²) < 4.78 is 36.0. The van der Waals surface area contributed by atoms with Crippen LogP contribution in [0, 0.1) is 13.8 Å². The zero-order valence-corrected chi connectivity index (χ0v) is 13.0. The van der Waals surface area contributed by atoms with Gasteiger partial charge in [0.2, 0.25) is 10.0 Å². The molecule has 0 radical (unpaired) electrons. The maximum absolute atomic E-state index is 12.6. The highest BCUT2D eigenvalue weighted by Gasteiger charge is 2.32. The third-order valence-corrected chi connectivity index (χ3v) is 4.74. The molecule has 8 heteroatoms. The summed E-state index contributed by atoms with van der Waals surface area (Å²) in [5.74, 6) is -0.358. The SMILES string of the molecule is CCCN(CC(=O)OCC)S(=O)(=O)c1c(C)noc1C. The molecule has 7 nitrogen and oxygen atoms in total. The molecule has 0 bridgehead atoms. The molecule has 1 heterocycles. The molecule has 0 saturated heterocycles. The molecule has 0 fully saturated rings. The predicted octanol–water partition coefficient (Wildman–Crippen LogP) is 1.26. The van der Waals surface area contributed by atoms with Crippen molar-refractivity contribution >= 4 is 16.0 Å². The van der Waals surface area contributed by atoms with E-state index < -0.39 is 16.0 Å². The molecule has 0 aliphatic rings. The minimum atomic E-state index is -3.82. The topological polar surface area (TPSA) is 89.7 Å². The van der Waals surface area contributed by atoms with Crippen molar-refractivity contribution < 1.29 is 22.5 Å². The lowest BCUT2D eigenvalue weighted by molar-refractivity contribution is -0.143. The summed E-state index contributed by atoms with van der Waals surface area (Å²) >= 11 is 0. The van der Waals surface area contributed by atoms with Crippen molar-refractivity contribution in [1.29, 1.82) is 0 Å². The molecule has 0 saturated carbocycles. The van der Waals surface area contributed by atoms with Crippen LogP contribution in [0.15, 0.2) is 9.42 Å². The Balaban J connectivity index is 3.10. The van der Waals surface area contributed by atoms with Gasteiger partial charge in [-0.1, -0.05) is 12.1 Å². The first-order valence-electron chi connectivity index (χ1n) is 6.43. The molecule has 0 N–H and O–H groups in total. The van der Waals surface area contributed by atoms with E-state index >= 15 is 0 Å². The molecule has 0 amide bonds. The first kappa shape index (κ1) is 16.6. The molecule has 114 valence electrons. The lowest BCUT2D eigenvalue weighted by Gasteiger charge is -2.20. The minimum absolute atomic E-state index is 0.0234. The lowest BCUT2D eigenvalue weighted by Crippen LogP contribution is -2.37. The number of esters is 1. The van der Waals surface area contributed by atoms with Gasteiger partial charge in [-0.15, -0.1) is 0 Å². The van der Waals surface area contributed by atoms with Crippen LogP contribution in [0.2, 0.25) is 0 Å². The molecule has 0 aliphatic carbocycles. The number of nitrogens with zero attached hydrogens (tertiary/aromatic N) is 2. The Kier molecular flexibility index (Phi) is 5.70. The third-order valence-electron chi connectivity index (χ3n) is 2.65. The summed E-state index contributed by atoms with van der Waals surface area (Å²) in [5.41, 5.74) is 0.285. The second-order valence-electron chi connectivity index (χ2n) is 4.30. The van der Waals surface area contributed by atoms with E-state index in [1.54, 1.807) is 13.8 Å². The minimum Gasteiger partial charge on any atom is -0.465 e. The van der Waals surface area contributed by atoms with Gasteiger partial charge in [-0.2, -0.15) is 4.31 Å². The number of aromatic nitrogens is 1. The average molecular weight is 304 g/mol. The zero-order valence-electron chi connectivity index (χ0n) is 12.2. The van der Waals surface area contributed by atoms with Crippen molar-refractivity contribution in [1.82, 2.24) is 9.46 Å². The van der Waals surface area contributed by atoms with Crippen LogP contribution in [-0.2, 0) is 19.6 Å². The van der Waals surface area contributed by atoms with Crippen molar-refractivity contribution in [3.63, 3.8) is 0 Å². The number of ether oxygens (including phenoxy) is 1. The molecular formula is C12H20N2O5S. The first-order valence-corrected chi connectivity index (χ1v) is 7.87. The van der Waals surface area contributed by atoms with E-state index in [-0.39, 0.29) is 36.0 Å².